The molecule has 4 heterocycles. The first-order chi connectivity index (χ1) is 29.8. The molecule has 2 atom stereocenters. The molecule has 0 bridgehead atoms. The van der Waals surface area contributed by atoms with Crippen molar-refractivity contribution in [3.05, 3.63) is 122 Å². The highest BCUT2D eigenvalue weighted by molar-refractivity contribution is 9.10. The van der Waals surface area contributed by atoms with Crippen molar-refractivity contribution in [3.63, 3.8) is 0 Å². The van der Waals surface area contributed by atoms with Crippen molar-refractivity contribution < 1.29 is 23.4 Å². The van der Waals surface area contributed by atoms with Crippen LogP contribution in [0.25, 0.3) is 21.8 Å². The SMILES string of the molecule is CC1(C)OB(c2ccc(CN[C@@H]3CCCc4c3[nH]c3ccc(Br)cc43)cc2)OC1(C)C.COc1ccc(B2OC(C)(C)C(C)(C)O2)cc1.N[C@@H]1CCCc2c1[nH]c1ccc(Br)cc21. The Hall–Kier alpha value is -3.39. The number of nitrogens with two attached hydrogens (primary N) is 1. The van der Waals surface area contributed by atoms with Crippen LogP contribution in [0.2, 0.25) is 0 Å². The Bertz CT molecular complexity index is 2520. The molecule has 9 nitrogen and oxygen atoms in total. The van der Waals surface area contributed by atoms with E-state index in [1.54, 1.807) is 7.11 Å². The van der Waals surface area contributed by atoms with Gasteiger partial charge in [0.2, 0.25) is 0 Å². The van der Waals surface area contributed by atoms with Crippen molar-refractivity contribution >= 4 is 78.8 Å². The van der Waals surface area contributed by atoms with E-state index in [1.165, 1.54) is 62.7 Å². The molecule has 2 aliphatic heterocycles. The Balaban J connectivity index is 0.000000143. The van der Waals surface area contributed by atoms with Gasteiger partial charge in [-0.05, 0) is 170 Å². The van der Waals surface area contributed by atoms with E-state index in [0.717, 1.165) is 57.8 Å². The molecule has 332 valence electrons. The number of aromatic nitrogens is 2. The second-order valence-electron chi connectivity index (χ2n) is 19.4. The van der Waals surface area contributed by atoms with Crippen molar-refractivity contribution in [1.82, 2.24) is 15.3 Å². The Morgan fingerprint density at radius 2 is 1.08 bits per heavy atom. The van der Waals surface area contributed by atoms with E-state index in [9.17, 15) is 0 Å². The zero-order valence-corrected chi connectivity index (χ0v) is 41.4. The molecule has 13 heteroatoms. The minimum Gasteiger partial charge on any atom is -0.497 e. The molecule has 2 saturated heterocycles. The molecule has 4 aliphatic rings. The third-order valence-corrected chi connectivity index (χ3v) is 15.1. The van der Waals surface area contributed by atoms with Gasteiger partial charge in [-0.1, -0.05) is 68.3 Å². The zero-order chi connectivity index (χ0) is 44.9. The van der Waals surface area contributed by atoms with Gasteiger partial charge in [0.15, 0.2) is 0 Å². The number of nitrogens with one attached hydrogen (secondary N) is 3. The molecule has 5 N–H and O–H groups in total. The van der Waals surface area contributed by atoms with E-state index >= 15 is 0 Å². The van der Waals surface area contributed by atoms with Crippen LogP contribution in [0.15, 0.2) is 93.9 Å². The number of benzene rings is 4. The fourth-order valence-corrected chi connectivity index (χ4v) is 9.58. The average molecular weight is 981 g/mol. The van der Waals surface area contributed by atoms with E-state index < -0.39 is 0 Å². The molecule has 63 heavy (non-hydrogen) atoms. The number of aryl methyl sites for hydroxylation is 2. The largest absolute Gasteiger partial charge is 0.497 e. The predicted octanol–water partition coefficient (Wildman–Crippen LogP) is 10.7. The summed E-state index contributed by atoms with van der Waals surface area (Å²) >= 11 is 7.13. The van der Waals surface area contributed by atoms with Crippen molar-refractivity contribution in [2.24, 2.45) is 5.73 Å². The van der Waals surface area contributed by atoms with Gasteiger partial charge < -0.3 is 44.4 Å². The van der Waals surface area contributed by atoms with Gasteiger partial charge in [0, 0.05) is 60.8 Å². The standard InChI is InChI=1S/C25H30BBrN2O2.C13H19BO3.C12H13BrN2/c1-24(2)25(3,4)31-26(30-24)17-10-8-16(9-11-17)15-28-22-7-5-6-19-20-14-18(27)12-13-21(20)29-23(19)22;1-12(2)13(3,4)17-14(16-12)10-6-8-11(15-5)9-7-10;13-7-4-5-11-9(6-7)8-2-1-3-10(14)12(8)15-11/h8-14,22,28-29H,5-7,15H2,1-4H3;6-9H,1-5H3;4-6,10,15H,1-3,14H2/t22-;;10-/m1.1/s1. The quantitative estimate of drug-likeness (QED) is 0.123. The molecule has 0 unspecified atom stereocenters. The van der Waals surface area contributed by atoms with Crippen LogP contribution in [0.3, 0.4) is 0 Å². The number of H-pyrrole nitrogens is 2. The van der Waals surface area contributed by atoms with Crippen LogP contribution in [0.5, 0.6) is 5.75 Å². The number of aromatic amines is 2. The lowest BCUT2D eigenvalue weighted by molar-refractivity contribution is 0.00578. The number of hydrogen-bond donors (Lipinski definition) is 4. The molecule has 2 aromatic heterocycles. The second-order valence-corrected chi connectivity index (χ2v) is 21.3. The summed E-state index contributed by atoms with van der Waals surface area (Å²) in [6.07, 6.45) is 6.97. The number of halogens is 2. The van der Waals surface area contributed by atoms with E-state index in [4.69, 9.17) is 29.1 Å². The van der Waals surface area contributed by atoms with E-state index in [1.807, 2.05) is 24.3 Å². The lowest BCUT2D eigenvalue weighted by atomic mass is 9.79. The van der Waals surface area contributed by atoms with Crippen molar-refractivity contribution in [2.75, 3.05) is 7.11 Å². The molecule has 4 aromatic carbocycles. The zero-order valence-electron chi connectivity index (χ0n) is 38.2. The molecular formula is C50H62B2Br2N4O5. The van der Waals surface area contributed by atoms with Crippen LogP contribution in [-0.2, 0) is 38.0 Å². The van der Waals surface area contributed by atoms with Gasteiger partial charge in [0.25, 0.3) is 0 Å². The lowest BCUT2D eigenvalue weighted by Crippen LogP contribution is -2.41. The first-order valence-corrected chi connectivity index (χ1v) is 24.0. The first-order valence-electron chi connectivity index (χ1n) is 22.4. The van der Waals surface area contributed by atoms with Crippen LogP contribution >= 0.6 is 31.9 Å². The fraction of sp³-hybridized carbons (Fsp3) is 0.440. The van der Waals surface area contributed by atoms with Crippen LogP contribution < -0.4 is 26.7 Å². The molecule has 10 rings (SSSR count). The van der Waals surface area contributed by atoms with Gasteiger partial charge in [0.05, 0.1) is 29.5 Å². The smallest absolute Gasteiger partial charge is 0.494 e. The Morgan fingerprint density at radius 3 is 1.57 bits per heavy atom. The van der Waals surface area contributed by atoms with Gasteiger partial charge in [-0.15, -0.1) is 0 Å². The summed E-state index contributed by atoms with van der Waals surface area (Å²) in [6.45, 7) is 17.4. The molecule has 2 fully saturated rings. The summed E-state index contributed by atoms with van der Waals surface area (Å²) in [4.78, 5) is 7.12. The minimum atomic E-state index is -0.314. The second kappa shape index (κ2) is 18.1. The molecule has 2 aliphatic carbocycles. The Morgan fingerprint density at radius 1 is 0.635 bits per heavy atom. The lowest BCUT2D eigenvalue weighted by Gasteiger charge is -2.32. The Kier molecular flexibility index (Phi) is 13.3. The monoisotopic (exact) mass is 978 g/mol. The maximum absolute atomic E-state index is 6.18. The van der Waals surface area contributed by atoms with Gasteiger partial charge in [-0.3, -0.25) is 0 Å². The van der Waals surface area contributed by atoms with E-state index in [-0.39, 0.29) is 42.7 Å². The van der Waals surface area contributed by atoms with Gasteiger partial charge in [-0.25, -0.2) is 0 Å². The summed E-state index contributed by atoms with van der Waals surface area (Å²) in [5, 5.41) is 6.46. The minimum absolute atomic E-state index is 0.194. The topological polar surface area (TPSA) is 116 Å². The highest BCUT2D eigenvalue weighted by Crippen LogP contribution is 2.39. The van der Waals surface area contributed by atoms with Crippen LogP contribution in [-0.4, -0.2) is 53.7 Å². The van der Waals surface area contributed by atoms with Crippen LogP contribution in [0, 0.1) is 0 Å². The van der Waals surface area contributed by atoms with Crippen LogP contribution in [0.1, 0.15) is 121 Å². The fourth-order valence-electron chi connectivity index (χ4n) is 8.86. The summed E-state index contributed by atoms with van der Waals surface area (Å²) in [5.41, 5.74) is 16.2. The first kappa shape index (κ1) is 46.2. The highest BCUT2D eigenvalue weighted by atomic mass is 79.9. The molecule has 6 aromatic rings. The molecule has 0 spiro atoms. The number of methoxy groups -OCH3 is 1. The third-order valence-electron chi connectivity index (χ3n) is 14.1. The molecular weight excluding hydrogens is 918 g/mol. The predicted molar refractivity (Wildman–Crippen MR) is 265 cm³/mol. The van der Waals surface area contributed by atoms with Crippen molar-refractivity contribution in [3.8, 4) is 5.75 Å². The van der Waals surface area contributed by atoms with Gasteiger partial charge in [0.1, 0.15) is 5.75 Å². The maximum atomic E-state index is 6.18. The molecule has 0 saturated carbocycles. The number of fused-ring (bicyclic) bond motifs is 6. The summed E-state index contributed by atoms with van der Waals surface area (Å²) in [6, 6.07) is 29.8. The Labute approximate surface area is 390 Å². The van der Waals surface area contributed by atoms with Crippen molar-refractivity contribution in [1.29, 1.82) is 0 Å². The number of ether oxygens (including phenoxy) is 1. The summed E-state index contributed by atoms with van der Waals surface area (Å²) in [7, 11) is 1.05. The van der Waals surface area contributed by atoms with Crippen LogP contribution in [0.4, 0.5) is 0 Å². The van der Waals surface area contributed by atoms with Gasteiger partial charge >= 0.3 is 14.2 Å². The third kappa shape index (κ3) is 9.64. The van der Waals surface area contributed by atoms with Crippen molar-refractivity contribution in [2.45, 2.75) is 135 Å². The normalized spacial score (nSPS) is 21.6. The summed E-state index contributed by atoms with van der Waals surface area (Å²) < 4.78 is 31.7. The number of rotatable bonds is 6. The summed E-state index contributed by atoms with van der Waals surface area (Å²) in [5.74, 6) is 0.838. The molecule has 0 radical (unpaired) electrons. The van der Waals surface area contributed by atoms with E-state index in [0.29, 0.717) is 6.04 Å². The number of hydrogen-bond acceptors (Lipinski definition) is 7. The van der Waals surface area contributed by atoms with Gasteiger partial charge in [-0.2, -0.15) is 0 Å². The van der Waals surface area contributed by atoms with E-state index in [2.05, 4.69) is 163 Å². The highest BCUT2D eigenvalue weighted by Gasteiger charge is 2.52. The maximum Gasteiger partial charge on any atom is 0.494 e. The average Bonchev–Trinajstić information content (AvgIpc) is 3.94. The molecule has 0 amide bonds.